The largest absolute Gasteiger partial charge is 0.493 e. The van der Waals surface area contributed by atoms with E-state index in [2.05, 4.69) is 10.2 Å². The fourth-order valence-electron chi connectivity index (χ4n) is 2.17. The number of ether oxygens (including phenoxy) is 2. The van der Waals surface area contributed by atoms with Crippen LogP contribution in [0.15, 0.2) is 57.0 Å². The molecule has 0 saturated carbocycles. The van der Waals surface area contributed by atoms with E-state index in [9.17, 15) is 4.39 Å². The number of hydrogen-bond donors (Lipinski definition) is 0. The minimum Gasteiger partial charge on any atom is -0.493 e. The summed E-state index contributed by atoms with van der Waals surface area (Å²) < 4.78 is 29.1. The molecule has 0 aliphatic carbocycles. The normalized spacial score (nSPS) is 10.7. The van der Waals surface area contributed by atoms with E-state index in [1.807, 2.05) is 6.07 Å². The van der Waals surface area contributed by atoms with Crippen LogP contribution in [0.3, 0.4) is 0 Å². The zero-order valence-corrected chi connectivity index (χ0v) is 15.9. The number of halogens is 1. The second-order valence-electron chi connectivity index (χ2n) is 5.09. The van der Waals surface area contributed by atoms with Gasteiger partial charge < -0.3 is 13.9 Å². The first-order valence-electron chi connectivity index (χ1n) is 7.76. The lowest BCUT2D eigenvalue weighted by Crippen LogP contribution is -1.90. The maximum absolute atomic E-state index is 12.9. The highest BCUT2D eigenvalue weighted by Gasteiger charge is 2.12. The lowest BCUT2D eigenvalue weighted by Gasteiger charge is -2.07. The third-order valence-electron chi connectivity index (χ3n) is 3.43. The highest BCUT2D eigenvalue weighted by atomic mass is 32.2. The molecule has 3 aromatic rings. The first kappa shape index (κ1) is 18.6. The summed E-state index contributed by atoms with van der Waals surface area (Å²) in [6.07, 6.45) is 0. The first-order chi connectivity index (χ1) is 12.7. The van der Waals surface area contributed by atoms with Gasteiger partial charge >= 0.3 is 0 Å². The van der Waals surface area contributed by atoms with Crippen LogP contribution in [-0.2, 0) is 0 Å². The Balaban J connectivity index is 1.55. The topological polar surface area (TPSA) is 57.4 Å². The Morgan fingerprint density at radius 1 is 0.923 bits per heavy atom. The molecule has 0 saturated heterocycles. The van der Waals surface area contributed by atoms with Crippen molar-refractivity contribution < 1.29 is 18.3 Å². The molecule has 0 aliphatic rings. The van der Waals surface area contributed by atoms with E-state index < -0.39 is 0 Å². The van der Waals surface area contributed by atoms with Gasteiger partial charge in [-0.05, 0) is 42.5 Å². The van der Waals surface area contributed by atoms with E-state index in [1.165, 1.54) is 23.9 Å². The zero-order valence-electron chi connectivity index (χ0n) is 14.3. The zero-order chi connectivity index (χ0) is 18.4. The van der Waals surface area contributed by atoms with Gasteiger partial charge in [0, 0.05) is 22.0 Å². The molecular weight excluding hydrogens is 375 g/mol. The van der Waals surface area contributed by atoms with E-state index in [0.29, 0.717) is 22.6 Å². The number of rotatable bonds is 8. The van der Waals surface area contributed by atoms with Crippen molar-refractivity contribution in [1.82, 2.24) is 10.2 Å². The van der Waals surface area contributed by atoms with Crippen molar-refractivity contribution in [3.63, 3.8) is 0 Å². The smallest absolute Gasteiger partial charge is 0.276 e. The molecule has 0 N–H and O–H groups in total. The summed E-state index contributed by atoms with van der Waals surface area (Å²) in [6, 6.07) is 11.9. The summed E-state index contributed by atoms with van der Waals surface area (Å²) in [6.45, 7) is 0. The van der Waals surface area contributed by atoms with E-state index in [4.69, 9.17) is 13.9 Å². The fourth-order valence-corrected chi connectivity index (χ4v) is 3.82. The van der Waals surface area contributed by atoms with Crippen molar-refractivity contribution in [3.8, 4) is 23.0 Å². The molecule has 0 aliphatic heterocycles. The third kappa shape index (κ3) is 4.70. The molecule has 26 heavy (non-hydrogen) atoms. The average Bonchev–Trinajstić information content (AvgIpc) is 3.15. The van der Waals surface area contributed by atoms with Crippen molar-refractivity contribution in [3.05, 3.63) is 48.3 Å². The quantitative estimate of drug-likeness (QED) is 0.404. The van der Waals surface area contributed by atoms with Crippen LogP contribution in [0.5, 0.6) is 11.5 Å². The predicted octanol–water partition coefficient (Wildman–Crippen LogP) is 4.78. The molecule has 3 rings (SSSR count). The first-order valence-corrected chi connectivity index (χ1v) is 9.74. The van der Waals surface area contributed by atoms with Crippen molar-refractivity contribution in [2.75, 3.05) is 25.7 Å². The minimum absolute atomic E-state index is 0.225. The van der Waals surface area contributed by atoms with Crippen LogP contribution in [0.25, 0.3) is 11.5 Å². The Labute approximate surface area is 159 Å². The molecule has 0 fully saturated rings. The molecule has 0 amide bonds. The van der Waals surface area contributed by atoms with Crippen LogP contribution in [0, 0.1) is 5.82 Å². The van der Waals surface area contributed by atoms with Gasteiger partial charge in [0.1, 0.15) is 5.82 Å². The van der Waals surface area contributed by atoms with Crippen molar-refractivity contribution >= 4 is 23.5 Å². The average molecular weight is 392 g/mol. The standard InChI is InChI=1S/C18H17FN2O3S2/c1-22-15-8-3-12(11-16(15)23-2)17-20-21-18(24-17)26-10-9-25-14-6-4-13(19)5-7-14/h3-8,11H,9-10H2,1-2H3. The molecule has 136 valence electrons. The summed E-state index contributed by atoms with van der Waals surface area (Å²) in [7, 11) is 3.17. The molecule has 0 bridgehead atoms. The highest BCUT2D eigenvalue weighted by molar-refractivity contribution is 8.02. The summed E-state index contributed by atoms with van der Waals surface area (Å²) in [4.78, 5) is 1.03. The Hall–Kier alpha value is -2.19. The molecular formula is C18H17FN2O3S2. The van der Waals surface area contributed by atoms with Crippen LogP contribution < -0.4 is 9.47 Å². The molecule has 0 atom stereocenters. The second kappa shape index (κ2) is 8.95. The van der Waals surface area contributed by atoms with Crippen LogP contribution in [-0.4, -0.2) is 35.9 Å². The maximum Gasteiger partial charge on any atom is 0.276 e. The molecule has 0 unspecified atom stereocenters. The van der Waals surface area contributed by atoms with Gasteiger partial charge in [0.25, 0.3) is 5.22 Å². The summed E-state index contributed by atoms with van der Waals surface area (Å²) >= 11 is 3.14. The SMILES string of the molecule is COc1ccc(-c2nnc(SCCSc3ccc(F)cc3)o2)cc1OC. The van der Waals surface area contributed by atoms with Gasteiger partial charge in [0.05, 0.1) is 14.2 Å². The molecule has 5 nitrogen and oxygen atoms in total. The Kier molecular flexibility index (Phi) is 6.40. The van der Waals surface area contributed by atoms with Gasteiger partial charge in [0.2, 0.25) is 5.89 Å². The highest BCUT2D eigenvalue weighted by Crippen LogP contribution is 2.32. The van der Waals surface area contributed by atoms with E-state index >= 15 is 0 Å². The number of benzene rings is 2. The van der Waals surface area contributed by atoms with Gasteiger partial charge in [-0.15, -0.1) is 22.0 Å². The number of aromatic nitrogens is 2. The van der Waals surface area contributed by atoms with Gasteiger partial charge in [-0.3, -0.25) is 0 Å². The lowest BCUT2D eigenvalue weighted by atomic mass is 10.2. The predicted molar refractivity (Wildman–Crippen MR) is 101 cm³/mol. The number of methoxy groups -OCH3 is 2. The van der Waals surface area contributed by atoms with Crippen molar-refractivity contribution in [2.24, 2.45) is 0 Å². The lowest BCUT2D eigenvalue weighted by molar-refractivity contribution is 0.355. The van der Waals surface area contributed by atoms with Crippen LogP contribution in [0.2, 0.25) is 0 Å². The molecule has 8 heteroatoms. The molecule has 0 radical (unpaired) electrons. The van der Waals surface area contributed by atoms with E-state index in [1.54, 1.807) is 50.2 Å². The van der Waals surface area contributed by atoms with Crippen LogP contribution >= 0.6 is 23.5 Å². The van der Waals surface area contributed by atoms with Gasteiger partial charge in [-0.1, -0.05) is 11.8 Å². The van der Waals surface area contributed by atoms with Gasteiger partial charge in [-0.2, -0.15) is 0 Å². The number of nitrogens with zero attached hydrogens (tertiary/aromatic N) is 2. The second-order valence-corrected chi connectivity index (χ2v) is 7.31. The maximum atomic E-state index is 12.9. The van der Waals surface area contributed by atoms with Gasteiger partial charge in [0.15, 0.2) is 11.5 Å². The number of thioether (sulfide) groups is 2. The Bertz CT molecular complexity index is 856. The molecule has 2 aromatic carbocycles. The van der Waals surface area contributed by atoms with E-state index in [-0.39, 0.29) is 5.82 Å². The van der Waals surface area contributed by atoms with Gasteiger partial charge in [-0.25, -0.2) is 4.39 Å². The van der Waals surface area contributed by atoms with Crippen LogP contribution in [0.4, 0.5) is 4.39 Å². The summed E-state index contributed by atoms with van der Waals surface area (Å²) in [5.41, 5.74) is 0.766. The summed E-state index contributed by atoms with van der Waals surface area (Å²) in [5.74, 6) is 3.10. The van der Waals surface area contributed by atoms with Crippen molar-refractivity contribution in [2.45, 2.75) is 10.1 Å². The van der Waals surface area contributed by atoms with Crippen molar-refractivity contribution in [1.29, 1.82) is 0 Å². The number of hydrogen-bond acceptors (Lipinski definition) is 7. The van der Waals surface area contributed by atoms with Crippen LogP contribution in [0.1, 0.15) is 0 Å². The fraction of sp³-hybridized carbons (Fsp3) is 0.222. The molecule has 0 spiro atoms. The minimum atomic E-state index is -0.225. The summed E-state index contributed by atoms with van der Waals surface area (Å²) in [5, 5.41) is 8.65. The monoisotopic (exact) mass is 392 g/mol. The molecule has 1 heterocycles. The third-order valence-corrected chi connectivity index (χ3v) is 5.52. The Morgan fingerprint density at radius 2 is 1.65 bits per heavy atom. The Morgan fingerprint density at radius 3 is 2.38 bits per heavy atom. The van der Waals surface area contributed by atoms with E-state index in [0.717, 1.165) is 22.0 Å². The molecule has 1 aromatic heterocycles.